The van der Waals surface area contributed by atoms with Crippen molar-refractivity contribution >= 4 is 16.9 Å². The molecule has 0 saturated carbocycles. The number of benzene rings is 2. The van der Waals surface area contributed by atoms with Gasteiger partial charge in [-0.05, 0) is 54.0 Å². The SMILES string of the molecule is C=C(C)C(=O)NCc1cc(C(C)(C)CC(C)(C)C)cc(-n2nc3ccccc3n2)c1O. The highest BCUT2D eigenvalue weighted by atomic mass is 16.3. The van der Waals surface area contributed by atoms with Crippen molar-refractivity contribution in [2.75, 3.05) is 0 Å². The van der Waals surface area contributed by atoms with Gasteiger partial charge in [-0.25, -0.2) is 0 Å². The van der Waals surface area contributed by atoms with E-state index < -0.39 is 0 Å². The van der Waals surface area contributed by atoms with Gasteiger partial charge < -0.3 is 10.4 Å². The Hall–Kier alpha value is -3.15. The number of hydrogen-bond donors (Lipinski definition) is 2. The molecule has 1 aromatic heterocycles. The third kappa shape index (κ3) is 5.13. The van der Waals surface area contributed by atoms with Gasteiger partial charge in [0.05, 0.1) is 0 Å². The molecule has 1 heterocycles. The summed E-state index contributed by atoms with van der Waals surface area (Å²) in [6.07, 6.45) is 0.941. The Morgan fingerprint density at radius 1 is 1.10 bits per heavy atom. The third-order valence-electron chi connectivity index (χ3n) is 5.25. The number of phenolic OH excluding ortho intramolecular Hbond substituents is 1. The number of nitrogens with one attached hydrogen (secondary N) is 1. The van der Waals surface area contributed by atoms with E-state index in [0.29, 0.717) is 16.8 Å². The first-order chi connectivity index (χ1) is 14.4. The summed E-state index contributed by atoms with van der Waals surface area (Å²) in [6.45, 7) is 16.5. The number of hydrogen-bond acceptors (Lipinski definition) is 4. The number of phenols is 1. The van der Waals surface area contributed by atoms with Gasteiger partial charge in [-0.3, -0.25) is 4.79 Å². The maximum absolute atomic E-state index is 12.0. The molecule has 3 rings (SSSR count). The monoisotopic (exact) mass is 420 g/mol. The number of amides is 1. The molecule has 31 heavy (non-hydrogen) atoms. The molecule has 0 saturated heterocycles. The van der Waals surface area contributed by atoms with Gasteiger partial charge in [-0.1, -0.05) is 53.3 Å². The van der Waals surface area contributed by atoms with E-state index in [0.717, 1.165) is 23.0 Å². The molecule has 164 valence electrons. The zero-order chi connectivity index (χ0) is 23.0. The van der Waals surface area contributed by atoms with Crippen LogP contribution in [0.2, 0.25) is 0 Å². The Morgan fingerprint density at radius 3 is 2.19 bits per heavy atom. The maximum atomic E-state index is 12.0. The summed E-state index contributed by atoms with van der Waals surface area (Å²) < 4.78 is 0. The predicted molar refractivity (Wildman–Crippen MR) is 124 cm³/mol. The van der Waals surface area contributed by atoms with Crippen molar-refractivity contribution < 1.29 is 9.90 Å². The number of carbonyl (C=O) groups excluding carboxylic acids is 1. The van der Waals surface area contributed by atoms with Crippen LogP contribution in [-0.4, -0.2) is 26.0 Å². The Balaban J connectivity index is 2.13. The van der Waals surface area contributed by atoms with Crippen LogP contribution in [0.25, 0.3) is 16.7 Å². The van der Waals surface area contributed by atoms with E-state index in [-0.39, 0.29) is 29.0 Å². The van der Waals surface area contributed by atoms with E-state index in [2.05, 4.69) is 56.7 Å². The van der Waals surface area contributed by atoms with Crippen molar-refractivity contribution in [3.8, 4) is 11.4 Å². The smallest absolute Gasteiger partial charge is 0.246 e. The van der Waals surface area contributed by atoms with Crippen molar-refractivity contribution in [1.82, 2.24) is 20.3 Å². The van der Waals surface area contributed by atoms with Gasteiger partial charge >= 0.3 is 0 Å². The third-order valence-corrected chi connectivity index (χ3v) is 5.25. The summed E-state index contributed by atoms with van der Waals surface area (Å²) in [4.78, 5) is 13.5. The van der Waals surface area contributed by atoms with Gasteiger partial charge in [0.25, 0.3) is 0 Å². The fraction of sp³-hybridized carbons (Fsp3) is 0.400. The topological polar surface area (TPSA) is 80.0 Å². The molecule has 0 radical (unpaired) electrons. The molecule has 3 aromatic rings. The Labute approximate surface area is 184 Å². The summed E-state index contributed by atoms with van der Waals surface area (Å²) in [5.74, 6) is -0.194. The van der Waals surface area contributed by atoms with Crippen LogP contribution in [0.3, 0.4) is 0 Å². The number of carbonyl (C=O) groups is 1. The van der Waals surface area contributed by atoms with Gasteiger partial charge in [0, 0.05) is 17.7 Å². The summed E-state index contributed by atoms with van der Waals surface area (Å²) in [5.41, 5.74) is 4.03. The molecule has 2 aromatic carbocycles. The molecule has 0 aliphatic heterocycles. The van der Waals surface area contributed by atoms with Crippen molar-refractivity contribution in [3.05, 3.63) is 59.7 Å². The molecule has 0 aliphatic rings. The average molecular weight is 421 g/mol. The molecule has 0 atom stereocenters. The lowest BCUT2D eigenvalue weighted by Crippen LogP contribution is -2.26. The molecule has 0 bridgehead atoms. The second-order valence-corrected chi connectivity index (χ2v) is 10.1. The maximum Gasteiger partial charge on any atom is 0.246 e. The fourth-order valence-electron chi connectivity index (χ4n) is 4.08. The molecule has 0 aliphatic carbocycles. The Morgan fingerprint density at radius 2 is 1.68 bits per heavy atom. The zero-order valence-corrected chi connectivity index (χ0v) is 19.3. The van der Waals surface area contributed by atoms with Gasteiger partial charge in [-0.2, -0.15) is 0 Å². The number of fused-ring (bicyclic) bond motifs is 1. The second kappa shape index (κ2) is 8.17. The number of rotatable bonds is 6. The number of aromatic hydroxyl groups is 1. The summed E-state index contributed by atoms with van der Waals surface area (Å²) in [5, 5.41) is 23.0. The minimum absolute atomic E-state index is 0.0534. The van der Waals surface area contributed by atoms with Crippen molar-refractivity contribution in [1.29, 1.82) is 0 Å². The van der Waals surface area contributed by atoms with Crippen molar-refractivity contribution in [2.45, 2.75) is 59.9 Å². The van der Waals surface area contributed by atoms with Crippen LogP contribution in [0, 0.1) is 5.41 Å². The van der Waals surface area contributed by atoms with Crippen molar-refractivity contribution in [3.63, 3.8) is 0 Å². The zero-order valence-electron chi connectivity index (χ0n) is 19.3. The normalized spacial score (nSPS) is 12.2. The van der Waals surface area contributed by atoms with E-state index in [1.54, 1.807) is 6.92 Å². The highest BCUT2D eigenvalue weighted by Crippen LogP contribution is 2.39. The van der Waals surface area contributed by atoms with Gasteiger partial charge in [0.1, 0.15) is 22.5 Å². The van der Waals surface area contributed by atoms with E-state index >= 15 is 0 Å². The Kier molecular flexibility index (Phi) is 5.94. The van der Waals surface area contributed by atoms with Crippen LogP contribution < -0.4 is 5.32 Å². The Bertz CT molecular complexity index is 1100. The number of aromatic nitrogens is 3. The molecular formula is C25H32N4O2. The van der Waals surface area contributed by atoms with Crippen LogP contribution in [0.5, 0.6) is 5.75 Å². The highest BCUT2D eigenvalue weighted by molar-refractivity contribution is 5.92. The summed E-state index contributed by atoms with van der Waals surface area (Å²) >= 11 is 0. The molecule has 0 spiro atoms. The van der Waals surface area contributed by atoms with Crippen LogP contribution >= 0.6 is 0 Å². The second-order valence-electron chi connectivity index (χ2n) is 10.1. The molecule has 1 amide bonds. The first kappa shape index (κ1) is 22.5. The van der Waals surface area contributed by atoms with E-state index in [1.165, 1.54) is 4.80 Å². The lowest BCUT2D eigenvalue weighted by atomic mass is 9.72. The molecule has 0 fully saturated rings. The lowest BCUT2D eigenvalue weighted by Gasteiger charge is -2.33. The van der Waals surface area contributed by atoms with Crippen LogP contribution in [-0.2, 0) is 16.8 Å². The molecular weight excluding hydrogens is 388 g/mol. The molecule has 2 N–H and O–H groups in total. The fourth-order valence-corrected chi connectivity index (χ4v) is 4.08. The number of nitrogens with zero attached hydrogens (tertiary/aromatic N) is 3. The standard InChI is InChI=1S/C25H32N4O2/c1-16(2)23(31)26-14-17-12-18(25(6,7)15-24(3,4)5)13-21(22(17)30)29-27-19-10-8-9-11-20(19)28-29/h8-13,30H,1,14-15H2,2-7H3,(H,26,31). The van der Waals surface area contributed by atoms with E-state index in [4.69, 9.17) is 0 Å². The highest BCUT2D eigenvalue weighted by Gasteiger charge is 2.29. The quantitative estimate of drug-likeness (QED) is 0.548. The van der Waals surface area contributed by atoms with E-state index in [1.807, 2.05) is 36.4 Å². The van der Waals surface area contributed by atoms with Gasteiger partial charge in [0.2, 0.25) is 5.91 Å². The average Bonchev–Trinajstić information content (AvgIpc) is 3.08. The lowest BCUT2D eigenvalue weighted by molar-refractivity contribution is -0.117. The first-order valence-electron chi connectivity index (χ1n) is 10.5. The van der Waals surface area contributed by atoms with Crippen molar-refractivity contribution in [2.24, 2.45) is 5.41 Å². The molecule has 6 nitrogen and oxygen atoms in total. The van der Waals surface area contributed by atoms with Crippen LogP contribution in [0.1, 0.15) is 59.1 Å². The van der Waals surface area contributed by atoms with E-state index in [9.17, 15) is 9.90 Å². The van der Waals surface area contributed by atoms with Crippen LogP contribution in [0.15, 0.2) is 48.6 Å². The molecule has 0 unspecified atom stereocenters. The van der Waals surface area contributed by atoms with Crippen LogP contribution in [0.4, 0.5) is 0 Å². The summed E-state index contributed by atoms with van der Waals surface area (Å²) in [6, 6.07) is 11.5. The summed E-state index contributed by atoms with van der Waals surface area (Å²) in [7, 11) is 0. The minimum atomic E-state index is -0.247. The predicted octanol–water partition coefficient (Wildman–Crippen LogP) is 5.03. The minimum Gasteiger partial charge on any atom is -0.505 e. The first-order valence-corrected chi connectivity index (χ1v) is 10.5. The molecule has 6 heteroatoms. The largest absolute Gasteiger partial charge is 0.505 e. The van der Waals surface area contributed by atoms with Gasteiger partial charge in [-0.15, -0.1) is 15.0 Å². The van der Waals surface area contributed by atoms with Gasteiger partial charge in [0.15, 0.2) is 0 Å².